The van der Waals surface area contributed by atoms with E-state index >= 15 is 0 Å². The molecule has 1 unspecified atom stereocenters. The molecular weight excluding hydrogens is 260 g/mol. The number of amidine groups is 1. The summed E-state index contributed by atoms with van der Waals surface area (Å²) in [6.07, 6.45) is 3.25. The fourth-order valence-corrected chi connectivity index (χ4v) is 2.94. The van der Waals surface area contributed by atoms with Crippen molar-refractivity contribution in [2.45, 2.75) is 38.5 Å². The quantitative estimate of drug-likeness (QED) is 0.918. The van der Waals surface area contributed by atoms with Crippen molar-refractivity contribution in [1.82, 2.24) is 9.78 Å². The first-order valence-corrected chi connectivity index (χ1v) is 7.48. The van der Waals surface area contributed by atoms with Gasteiger partial charge >= 0.3 is 0 Å². The monoisotopic (exact) mass is 280 g/mol. The summed E-state index contributed by atoms with van der Waals surface area (Å²) >= 11 is 1.59. The second-order valence-electron chi connectivity index (χ2n) is 4.75. The molecule has 1 atom stereocenters. The summed E-state index contributed by atoms with van der Waals surface area (Å²) in [5, 5.41) is 14.9. The zero-order chi connectivity index (χ0) is 13.8. The van der Waals surface area contributed by atoms with Crippen LogP contribution in [0.15, 0.2) is 16.2 Å². The van der Waals surface area contributed by atoms with E-state index in [1.165, 1.54) is 5.56 Å². The zero-order valence-corrected chi connectivity index (χ0v) is 12.4. The SMILES string of the molecule is CCc1cn(C)nc1CSC1=NCC(O)CC(C)=N1. The van der Waals surface area contributed by atoms with Crippen molar-refractivity contribution in [2.24, 2.45) is 17.0 Å². The maximum Gasteiger partial charge on any atom is 0.183 e. The molecule has 1 aliphatic rings. The van der Waals surface area contributed by atoms with Gasteiger partial charge in [0.15, 0.2) is 5.17 Å². The van der Waals surface area contributed by atoms with Gasteiger partial charge in [-0.25, -0.2) is 4.99 Å². The van der Waals surface area contributed by atoms with E-state index in [0.717, 1.165) is 28.7 Å². The Morgan fingerprint density at radius 2 is 2.32 bits per heavy atom. The maximum absolute atomic E-state index is 9.64. The maximum atomic E-state index is 9.64. The van der Waals surface area contributed by atoms with Gasteiger partial charge in [-0.15, -0.1) is 0 Å². The highest BCUT2D eigenvalue weighted by Crippen LogP contribution is 2.19. The Labute approximate surface area is 117 Å². The first-order chi connectivity index (χ1) is 9.08. The molecule has 2 rings (SSSR count). The Morgan fingerprint density at radius 3 is 3.05 bits per heavy atom. The van der Waals surface area contributed by atoms with Crippen molar-refractivity contribution in [1.29, 1.82) is 0 Å². The molecule has 1 aromatic rings. The number of aliphatic hydroxyl groups excluding tert-OH is 1. The first-order valence-electron chi connectivity index (χ1n) is 6.49. The number of hydrogen-bond acceptors (Lipinski definition) is 5. The van der Waals surface area contributed by atoms with Gasteiger partial charge in [0, 0.05) is 31.1 Å². The summed E-state index contributed by atoms with van der Waals surface area (Å²) in [7, 11) is 1.94. The molecule has 0 aromatic carbocycles. The third kappa shape index (κ3) is 3.91. The molecule has 2 heterocycles. The minimum Gasteiger partial charge on any atom is -0.391 e. The molecule has 6 heteroatoms. The average Bonchev–Trinajstić information content (AvgIpc) is 2.64. The number of aliphatic imine (C=N–C) groups is 2. The van der Waals surface area contributed by atoms with Gasteiger partial charge in [0.05, 0.1) is 18.3 Å². The van der Waals surface area contributed by atoms with Crippen LogP contribution >= 0.6 is 11.8 Å². The Bertz CT molecular complexity index is 507. The van der Waals surface area contributed by atoms with Crippen LogP contribution in [0.5, 0.6) is 0 Å². The van der Waals surface area contributed by atoms with Gasteiger partial charge < -0.3 is 5.11 Å². The summed E-state index contributed by atoms with van der Waals surface area (Å²) in [4.78, 5) is 8.78. The summed E-state index contributed by atoms with van der Waals surface area (Å²) < 4.78 is 1.85. The van der Waals surface area contributed by atoms with Gasteiger partial charge in [-0.1, -0.05) is 18.7 Å². The summed E-state index contributed by atoms with van der Waals surface area (Å²) in [5.41, 5.74) is 3.30. The van der Waals surface area contributed by atoms with Crippen LogP contribution in [-0.4, -0.2) is 38.4 Å². The normalized spacial score (nSPS) is 19.9. The van der Waals surface area contributed by atoms with Gasteiger partial charge in [0.25, 0.3) is 0 Å². The molecule has 104 valence electrons. The van der Waals surface area contributed by atoms with Crippen LogP contribution in [0, 0.1) is 0 Å². The van der Waals surface area contributed by atoms with Gasteiger partial charge in [-0.2, -0.15) is 5.10 Å². The van der Waals surface area contributed by atoms with Crippen molar-refractivity contribution < 1.29 is 5.11 Å². The molecule has 0 fully saturated rings. The highest BCUT2D eigenvalue weighted by Gasteiger charge is 2.13. The van der Waals surface area contributed by atoms with E-state index in [1.54, 1.807) is 11.8 Å². The number of aromatic nitrogens is 2. The van der Waals surface area contributed by atoms with Crippen molar-refractivity contribution >= 4 is 22.6 Å². The molecule has 5 nitrogen and oxygen atoms in total. The molecule has 0 saturated carbocycles. The van der Waals surface area contributed by atoms with Crippen LogP contribution < -0.4 is 0 Å². The number of aryl methyl sites for hydroxylation is 2. The fraction of sp³-hybridized carbons (Fsp3) is 0.615. The minimum atomic E-state index is -0.400. The molecule has 19 heavy (non-hydrogen) atoms. The number of rotatable bonds is 3. The summed E-state index contributed by atoms with van der Waals surface area (Å²) in [5.74, 6) is 0.774. The number of thioether (sulfide) groups is 1. The molecule has 1 aromatic heterocycles. The Morgan fingerprint density at radius 1 is 1.53 bits per heavy atom. The number of nitrogens with zero attached hydrogens (tertiary/aromatic N) is 4. The van der Waals surface area contributed by atoms with E-state index in [4.69, 9.17) is 0 Å². The second kappa shape index (κ2) is 6.34. The van der Waals surface area contributed by atoms with Crippen molar-refractivity contribution in [2.75, 3.05) is 6.54 Å². The van der Waals surface area contributed by atoms with Gasteiger partial charge in [-0.05, 0) is 18.9 Å². The van der Waals surface area contributed by atoms with Crippen LogP contribution in [0.4, 0.5) is 0 Å². The minimum absolute atomic E-state index is 0.400. The Balaban J connectivity index is 2.03. The van der Waals surface area contributed by atoms with E-state index in [1.807, 2.05) is 18.7 Å². The van der Waals surface area contributed by atoms with E-state index in [0.29, 0.717) is 13.0 Å². The third-order valence-corrected chi connectivity index (χ3v) is 3.86. The van der Waals surface area contributed by atoms with Crippen molar-refractivity contribution in [3.05, 3.63) is 17.5 Å². The zero-order valence-electron chi connectivity index (χ0n) is 11.6. The average molecular weight is 280 g/mol. The molecule has 0 bridgehead atoms. The van der Waals surface area contributed by atoms with Crippen molar-refractivity contribution in [3.63, 3.8) is 0 Å². The predicted octanol–water partition coefficient (Wildman–Crippen LogP) is 1.80. The topological polar surface area (TPSA) is 62.8 Å². The van der Waals surface area contributed by atoms with Crippen LogP contribution in [0.1, 0.15) is 31.5 Å². The lowest BCUT2D eigenvalue weighted by Gasteiger charge is -2.01. The van der Waals surface area contributed by atoms with E-state index in [9.17, 15) is 5.11 Å². The first kappa shape index (κ1) is 14.3. The van der Waals surface area contributed by atoms with Crippen LogP contribution in [0.3, 0.4) is 0 Å². The second-order valence-corrected chi connectivity index (χ2v) is 5.69. The lowest BCUT2D eigenvalue weighted by atomic mass is 10.2. The van der Waals surface area contributed by atoms with Crippen molar-refractivity contribution in [3.8, 4) is 0 Å². The Kier molecular flexibility index (Phi) is 4.76. The van der Waals surface area contributed by atoms with Gasteiger partial charge in [0.2, 0.25) is 0 Å². The molecular formula is C13H20N4OS. The molecule has 1 N–H and O–H groups in total. The molecule has 0 spiro atoms. The number of hydrogen-bond donors (Lipinski definition) is 1. The van der Waals surface area contributed by atoms with Gasteiger partial charge in [0.1, 0.15) is 0 Å². The smallest absolute Gasteiger partial charge is 0.183 e. The Hall–Kier alpha value is -1.14. The molecule has 0 amide bonds. The molecule has 1 aliphatic heterocycles. The predicted molar refractivity (Wildman–Crippen MR) is 79.9 cm³/mol. The van der Waals surface area contributed by atoms with Crippen LogP contribution in [-0.2, 0) is 19.2 Å². The number of aliphatic hydroxyl groups is 1. The van der Waals surface area contributed by atoms with Gasteiger partial charge in [-0.3, -0.25) is 9.67 Å². The molecule has 0 aliphatic carbocycles. The van der Waals surface area contributed by atoms with E-state index < -0.39 is 6.10 Å². The molecule has 0 radical (unpaired) electrons. The van der Waals surface area contributed by atoms with Crippen LogP contribution in [0.2, 0.25) is 0 Å². The molecule has 0 saturated heterocycles. The highest BCUT2D eigenvalue weighted by atomic mass is 32.2. The summed E-state index contributed by atoms with van der Waals surface area (Å²) in [6, 6.07) is 0. The van der Waals surface area contributed by atoms with E-state index in [2.05, 4.69) is 28.2 Å². The fourth-order valence-electron chi connectivity index (χ4n) is 2.04. The standard InChI is InChI=1S/C13H20N4OS/c1-4-10-7-17(3)16-12(10)8-19-13-14-6-11(18)5-9(2)15-13/h7,11,18H,4-6,8H2,1-3H3. The van der Waals surface area contributed by atoms with E-state index in [-0.39, 0.29) is 0 Å². The lowest BCUT2D eigenvalue weighted by molar-refractivity contribution is 0.192. The lowest BCUT2D eigenvalue weighted by Crippen LogP contribution is -2.12. The third-order valence-electron chi connectivity index (χ3n) is 2.97. The summed E-state index contributed by atoms with van der Waals surface area (Å²) in [6.45, 7) is 4.50. The largest absolute Gasteiger partial charge is 0.391 e. The highest BCUT2D eigenvalue weighted by molar-refractivity contribution is 8.13. The van der Waals surface area contributed by atoms with Crippen LogP contribution in [0.25, 0.3) is 0 Å².